The van der Waals surface area contributed by atoms with Gasteiger partial charge in [-0.2, -0.15) is 12.7 Å². The molecule has 2 aliphatic heterocycles. The predicted molar refractivity (Wildman–Crippen MR) is 39.2 cm³/mol. The Morgan fingerprint density at radius 3 is 2.91 bits per heavy atom. The van der Waals surface area contributed by atoms with E-state index in [1.165, 1.54) is 4.31 Å². The molecule has 1 unspecified atom stereocenters. The summed E-state index contributed by atoms with van der Waals surface area (Å²) in [6.07, 6.45) is 1.75. The monoisotopic (exact) mass is 177 g/mol. The van der Waals surface area contributed by atoms with Gasteiger partial charge in [0.2, 0.25) is 0 Å². The van der Waals surface area contributed by atoms with Crippen molar-refractivity contribution in [1.82, 2.24) is 4.31 Å². The largest absolute Gasteiger partial charge is 0.339 e. The summed E-state index contributed by atoms with van der Waals surface area (Å²) >= 11 is 0. The molecule has 5 heteroatoms. The molecule has 0 spiro atoms. The molecule has 0 aromatic rings. The number of hydrogen-bond donors (Lipinski definition) is 0. The van der Waals surface area contributed by atoms with Crippen molar-refractivity contribution in [3.8, 4) is 0 Å². The second-order valence-electron chi connectivity index (χ2n) is 2.94. The average molecular weight is 177 g/mol. The van der Waals surface area contributed by atoms with Crippen LogP contribution in [0.3, 0.4) is 0 Å². The van der Waals surface area contributed by atoms with Crippen molar-refractivity contribution in [2.24, 2.45) is 0 Å². The SMILES string of the molecule is CC[C@@H]1[C@H]2CCOS(=O)(=O)N12. The fourth-order valence-electron chi connectivity index (χ4n) is 1.75. The normalized spacial score (nSPS) is 46.5. The van der Waals surface area contributed by atoms with Gasteiger partial charge >= 0.3 is 10.3 Å². The van der Waals surface area contributed by atoms with Crippen LogP contribution in [-0.2, 0) is 14.5 Å². The van der Waals surface area contributed by atoms with Gasteiger partial charge in [0.15, 0.2) is 0 Å². The summed E-state index contributed by atoms with van der Waals surface area (Å²) < 4.78 is 28.3. The van der Waals surface area contributed by atoms with E-state index in [0.717, 1.165) is 12.8 Å². The zero-order valence-corrected chi connectivity index (χ0v) is 7.17. The molecular weight excluding hydrogens is 166 g/mol. The lowest BCUT2D eigenvalue weighted by Gasteiger charge is -2.10. The van der Waals surface area contributed by atoms with Crippen LogP contribution in [0.1, 0.15) is 19.8 Å². The molecule has 0 bridgehead atoms. The molecule has 0 radical (unpaired) electrons. The highest BCUT2D eigenvalue weighted by atomic mass is 32.2. The lowest BCUT2D eigenvalue weighted by Crippen LogP contribution is -2.24. The van der Waals surface area contributed by atoms with E-state index >= 15 is 0 Å². The molecule has 3 atom stereocenters. The van der Waals surface area contributed by atoms with Crippen LogP contribution >= 0.6 is 0 Å². The Morgan fingerprint density at radius 2 is 2.36 bits per heavy atom. The summed E-state index contributed by atoms with van der Waals surface area (Å²) in [6, 6.07) is 0.473. The molecule has 0 aliphatic carbocycles. The number of rotatable bonds is 1. The van der Waals surface area contributed by atoms with Crippen molar-refractivity contribution in [2.75, 3.05) is 6.61 Å². The lowest BCUT2D eigenvalue weighted by atomic mass is 10.2. The first kappa shape index (κ1) is 7.52. The van der Waals surface area contributed by atoms with Crippen LogP contribution in [0.5, 0.6) is 0 Å². The molecule has 2 heterocycles. The van der Waals surface area contributed by atoms with E-state index in [0.29, 0.717) is 6.61 Å². The van der Waals surface area contributed by atoms with Crippen molar-refractivity contribution in [1.29, 1.82) is 0 Å². The van der Waals surface area contributed by atoms with E-state index in [2.05, 4.69) is 4.18 Å². The zero-order chi connectivity index (χ0) is 8.06. The molecule has 2 aliphatic rings. The van der Waals surface area contributed by atoms with Gasteiger partial charge in [-0.3, -0.25) is 4.18 Å². The second-order valence-corrected chi connectivity index (χ2v) is 4.45. The van der Waals surface area contributed by atoms with Crippen molar-refractivity contribution in [3.05, 3.63) is 0 Å². The summed E-state index contributed by atoms with van der Waals surface area (Å²) in [5, 5.41) is 0. The van der Waals surface area contributed by atoms with Gasteiger partial charge in [0, 0.05) is 12.1 Å². The first-order valence-electron chi connectivity index (χ1n) is 3.84. The Bertz CT molecular complexity index is 257. The van der Waals surface area contributed by atoms with Gasteiger partial charge in [-0.1, -0.05) is 6.92 Å². The van der Waals surface area contributed by atoms with Crippen LogP contribution in [-0.4, -0.2) is 31.4 Å². The lowest BCUT2D eigenvalue weighted by molar-refractivity contribution is 0.265. The van der Waals surface area contributed by atoms with Crippen LogP contribution in [0.25, 0.3) is 0 Å². The highest BCUT2D eigenvalue weighted by Gasteiger charge is 2.56. The fraction of sp³-hybridized carbons (Fsp3) is 1.00. The van der Waals surface area contributed by atoms with Crippen LogP contribution in [0.15, 0.2) is 0 Å². The number of fused-ring (bicyclic) bond motifs is 1. The molecule has 11 heavy (non-hydrogen) atoms. The van der Waals surface area contributed by atoms with Crippen molar-refractivity contribution in [2.45, 2.75) is 31.8 Å². The van der Waals surface area contributed by atoms with Gasteiger partial charge in [0.1, 0.15) is 0 Å². The molecule has 0 amide bonds. The van der Waals surface area contributed by atoms with E-state index in [9.17, 15) is 8.42 Å². The first-order chi connectivity index (χ1) is 5.17. The van der Waals surface area contributed by atoms with Crippen LogP contribution in [0, 0.1) is 0 Å². The minimum absolute atomic E-state index is 0.225. The zero-order valence-electron chi connectivity index (χ0n) is 6.36. The number of hydrogen-bond acceptors (Lipinski definition) is 3. The first-order valence-corrected chi connectivity index (χ1v) is 5.21. The molecule has 2 saturated heterocycles. The third kappa shape index (κ3) is 0.988. The van der Waals surface area contributed by atoms with E-state index in [1.807, 2.05) is 6.92 Å². The molecule has 64 valence electrons. The summed E-state index contributed by atoms with van der Waals surface area (Å²) in [7, 11) is -3.32. The Hall–Kier alpha value is -0.130. The fourth-order valence-corrected chi connectivity index (χ4v) is 3.32. The second kappa shape index (κ2) is 2.18. The topological polar surface area (TPSA) is 46.4 Å². The third-order valence-corrected chi connectivity index (χ3v) is 3.85. The quantitative estimate of drug-likeness (QED) is 0.534. The van der Waals surface area contributed by atoms with Gasteiger partial charge in [-0.25, -0.2) is 0 Å². The van der Waals surface area contributed by atoms with Gasteiger partial charge < -0.3 is 0 Å². The van der Waals surface area contributed by atoms with Crippen LogP contribution in [0.2, 0.25) is 0 Å². The maximum atomic E-state index is 11.1. The molecular formula is C6H11NO3S. The molecule has 2 rings (SSSR count). The van der Waals surface area contributed by atoms with Gasteiger partial charge in [0.05, 0.1) is 6.61 Å². The van der Waals surface area contributed by atoms with Crippen LogP contribution in [0.4, 0.5) is 0 Å². The van der Waals surface area contributed by atoms with Gasteiger partial charge in [0.25, 0.3) is 0 Å². The predicted octanol–water partition coefficient (Wildman–Crippen LogP) is 0.114. The van der Waals surface area contributed by atoms with Gasteiger partial charge in [-0.05, 0) is 12.8 Å². The van der Waals surface area contributed by atoms with E-state index < -0.39 is 10.3 Å². The molecule has 0 N–H and O–H groups in total. The smallest absolute Gasteiger partial charge is 0.258 e. The Morgan fingerprint density at radius 1 is 1.64 bits per heavy atom. The summed E-state index contributed by atoms with van der Waals surface area (Å²) in [5.74, 6) is 0. The minimum Gasteiger partial charge on any atom is -0.258 e. The minimum atomic E-state index is -3.32. The van der Waals surface area contributed by atoms with Crippen molar-refractivity contribution in [3.63, 3.8) is 0 Å². The Labute approximate surface area is 66.4 Å². The summed E-state index contributed by atoms with van der Waals surface area (Å²) in [6.45, 7) is 2.36. The highest BCUT2D eigenvalue weighted by Crippen LogP contribution is 2.40. The van der Waals surface area contributed by atoms with E-state index in [4.69, 9.17) is 0 Å². The molecule has 0 aromatic carbocycles. The highest BCUT2D eigenvalue weighted by molar-refractivity contribution is 7.84. The van der Waals surface area contributed by atoms with E-state index in [1.54, 1.807) is 0 Å². The molecule has 0 aromatic heterocycles. The van der Waals surface area contributed by atoms with Crippen molar-refractivity contribution < 1.29 is 12.6 Å². The Balaban J connectivity index is 2.20. The molecule has 2 fully saturated rings. The van der Waals surface area contributed by atoms with Crippen molar-refractivity contribution >= 4 is 10.3 Å². The standard InChI is InChI=1S/C6H11NO3S/c1-2-5-6-3-4-10-11(8,9)7(5)6/h5-6H,2-4H2,1H3/t5-,6-,7?/m1/s1. The third-order valence-electron chi connectivity index (χ3n) is 2.33. The molecule has 4 nitrogen and oxygen atoms in total. The summed E-state index contributed by atoms with van der Waals surface area (Å²) in [5.41, 5.74) is 0. The Kier molecular flexibility index (Phi) is 1.49. The average Bonchev–Trinajstić information content (AvgIpc) is 2.62. The summed E-state index contributed by atoms with van der Waals surface area (Å²) in [4.78, 5) is 0. The van der Waals surface area contributed by atoms with Crippen LogP contribution < -0.4 is 0 Å². The maximum Gasteiger partial charge on any atom is 0.339 e. The molecule has 0 saturated carbocycles. The van der Waals surface area contributed by atoms with E-state index in [-0.39, 0.29) is 12.1 Å². The number of nitrogens with zero attached hydrogens (tertiary/aromatic N) is 1. The maximum absolute atomic E-state index is 11.1. The van der Waals surface area contributed by atoms with Gasteiger partial charge in [-0.15, -0.1) is 0 Å².